The number of hydrogen-bond acceptors (Lipinski definition) is 2. The normalized spacial score (nSPS) is 18.9. The molecule has 132 valence electrons. The van der Waals surface area contributed by atoms with Crippen LogP contribution in [0, 0.1) is 5.82 Å². The minimum atomic E-state index is -0.273. The highest BCUT2D eigenvalue weighted by molar-refractivity contribution is 5.81. The number of aliphatic imine (C=N–C) groups is 1. The van der Waals surface area contributed by atoms with E-state index < -0.39 is 0 Å². The van der Waals surface area contributed by atoms with E-state index in [9.17, 15) is 9.18 Å². The number of hydrogen-bond donors (Lipinski definition) is 3. The van der Waals surface area contributed by atoms with Crippen LogP contribution in [0.25, 0.3) is 0 Å². The molecule has 0 saturated carbocycles. The maximum atomic E-state index is 13.5. The van der Waals surface area contributed by atoms with Gasteiger partial charge in [0.25, 0.3) is 0 Å². The minimum Gasteiger partial charge on any atom is -0.357 e. The molecule has 1 aromatic rings. The zero-order valence-corrected chi connectivity index (χ0v) is 14.7. The smallest absolute Gasteiger partial charge is 0.220 e. The molecule has 1 heterocycles. The van der Waals surface area contributed by atoms with Crippen molar-refractivity contribution in [3.05, 3.63) is 35.6 Å². The lowest BCUT2D eigenvalue weighted by Gasteiger charge is -2.27. The molecule has 1 unspecified atom stereocenters. The summed E-state index contributed by atoms with van der Waals surface area (Å²) in [6.07, 6.45) is 1.33. The summed E-state index contributed by atoms with van der Waals surface area (Å²) in [5.41, 5.74) is 0.651. The van der Waals surface area contributed by atoms with Crippen molar-refractivity contribution in [3.63, 3.8) is 0 Å². The van der Waals surface area contributed by atoms with Crippen molar-refractivity contribution in [2.75, 3.05) is 19.6 Å². The van der Waals surface area contributed by atoms with Crippen LogP contribution >= 0.6 is 0 Å². The van der Waals surface area contributed by atoms with Crippen LogP contribution in [0.4, 0.5) is 4.39 Å². The first-order valence-corrected chi connectivity index (χ1v) is 8.48. The lowest BCUT2D eigenvalue weighted by atomic mass is 9.85. The number of guanidine groups is 1. The van der Waals surface area contributed by atoms with E-state index in [1.807, 2.05) is 13.0 Å². The van der Waals surface area contributed by atoms with Gasteiger partial charge in [0.15, 0.2) is 5.96 Å². The lowest BCUT2D eigenvalue weighted by Crippen LogP contribution is -2.51. The number of carbonyl (C=O) groups is 1. The molecular weight excluding hydrogens is 307 g/mol. The maximum Gasteiger partial charge on any atom is 0.220 e. The van der Waals surface area contributed by atoms with E-state index in [0.29, 0.717) is 19.5 Å². The van der Waals surface area contributed by atoms with Gasteiger partial charge in [-0.1, -0.05) is 26.0 Å². The van der Waals surface area contributed by atoms with Gasteiger partial charge in [0.2, 0.25) is 5.91 Å². The Hall–Kier alpha value is -2.11. The molecule has 5 nitrogen and oxygen atoms in total. The fraction of sp³-hybridized carbons (Fsp3) is 0.556. The van der Waals surface area contributed by atoms with Crippen LogP contribution in [0.2, 0.25) is 0 Å². The van der Waals surface area contributed by atoms with Crippen LogP contribution in [0.3, 0.4) is 0 Å². The summed E-state index contributed by atoms with van der Waals surface area (Å²) in [5.74, 6) is 0.595. The highest BCUT2D eigenvalue weighted by Crippen LogP contribution is 2.24. The number of halogens is 1. The van der Waals surface area contributed by atoms with E-state index in [1.165, 1.54) is 6.07 Å². The van der Waals surface area contributed by atoms with E-state index in [0.717, 1.165) is 24.5 Å². The Bertz CT molecular complexity index is 590. The van der Waals surface area contributed by atoms with Crippen LogP contribution in [0.15, 0.2) is 29.3 Å². The van der Waals surface area contributed by atoms with Gasteiger partial charge in [0.05, 0.1) is 6.54 Å². The molecular formula is C18H27FN4O. The summed E-state index contributed by atoms with van der Waals surface area (Å²) in [6.45, 7) is 8.01. The van der Waals surface area contributed by atoms with Gasteiger partial charge in [-0.25, -0.2) is 4.39 Å². The molecule has 0 spiro atoms. The van der Waals surface area contributed by atoms with Crippen LogP contribution in [-0.2, 0) is 10.2 Å². The minimum absolute atomic E-state index is 0.0993. The Kier molecular flexibility index (Phi) is 6.17. The van der Waals surface area contributed by atoms with E-state index >= 15 is 0 Å². The summed E-state index contributed by atoms with van der Waals surface area (Å²) in [6, 6.07) is 6.84. The Labute approximate surface area is 143 Å². The van der Waals surface area contributed by atoms with E-state index in [1.54, 1.807) is 12.1 Å². The van der Waals surface area contributed by atoms with Gasteiger partial charge in [0.1, 0.15) is 5.82 Å². The highest BCUT2D eigenvalue weighted by atomic mass is 19.1. The SMILES string of the molecule is CCNC(=NCC(C)(C)c1cccc(F)c1)NC1CCC(=O)NC1. The molecule has 1 amide bonds. The quantitative estimate of drug-likeness (QED) is 0.569. The molecule has 1 saturated heterocycles. The second-order valence-corrected chi connectivity index (χ2v) is 6.77. The number of rotatable bonds is 5. The second kappa shape index (κ2) is 8.13. The average molecular weight is 334 g/mol. The van der Waals surface area contributed by atoms with Gasteiger partial charge in [-0.2, -0.15) is 0 Å². The van der Waals surface area contributed by atoms with Gasteiger partial charge in [0, 0.05) is 31.0 Å². The van der Waals surface area contributed by atoms with Crippen molar-refractivity contribution in [1.82, 2.24) is 16.0 Å². The Morgan fingerprint density at radius 2 is 2.25 bits per heavy atom. The third kappa shape index (κ3) is 5.22. The van der Waals surface area contributed by atoms with E-state index in [-0.39, 0.29) is 23.2 Å². The number of nitrogens with zero attached hydrogens (tertiary/aromatic N) is 1. The lowest BCUT2D eigenvalue weighted by molar-refractivity contribution is -0.122. The van der Waals surface area contributed by atoms with Crippen LogP contribution in [0.5, 0.6) is 0 Å². The Morgan fingerprint density at radius 1 is 1.46 bits per heavy atom. The summed E-state index contributed by atoms with van der Waals surface area (Å²) in [4.78, 5) is 15.9. The number of nitrogens with one attached hydrogen (secondary N) is 3. The fourth-order valence-corrected chi connectivity index (χ4v) is 2.65. The number of amides is 1. The Morgan fingerprint density at radius 3 is 2.88 bits per heavy atom. The van der Waals surface area contributed by atoms with E-state index in [4.69, 9.17) is 0 Å². The monoisotopic (exact) mass is 334 g/mol. The molecule has 1 aliphatic rings. The first-order chi connectivity index (χ1) is 11.4. The standard InChI is InChI=1S/C18H27FN4O/c1-4-20-17(23-15-8-9-16(24)21-11-15)22-12-18(2,3)13-6-5-7-14(19)10-13/h5-7,10,15H,4,8-9,11-12H2,1-3H3,(H,21,24)(H2,20,22,23). The molecule has 0 bridgehead atoms. The summed E-state index contributed by atoms with van der Waals surface area (Å²) < 4.78 is 13.5. The third-order valence-electron chi connectivity index (χ3n) is 4.19. The number of carbonyl (C=O) groups excluding carboxylic acids is 1. The zero-order chi connectivity index (χ0) is 17.6. The van der Waals surface area contributed by atoms with Gasteiger partial charge in [-0.15, -0.1) is 0 Å². The molecule has 1 aromatic carbocycles. The Balaban J connectivity index is 2.02. The van der Waals surface area contributed by atoms with Crippen molar-refractivity contribution in [2.45, 2.75) is 45.1 Å². The molecule has 0 radical (unpaired) electrons. The molecule has 1 atom stereocenters. The summed E-state index contributed by atoms with van der Waals surface area (Å²) in [7, 11) is 0. The van der Waals surface area contributed by atoms with Gasteiger partial charge in [-0.3, -0.25) is 9.79 Å². The topological polar surface area (TPSA) is 65.5 Å². The largest absolute Gasteiger partial charge is 0.357 e. The summed E-state index contributed by atoms with van der Waals surface area (Å²) >= 11 is 0. The van der Waals surface area contributed by atoms with Crippen molar-refractivity contribution in [1.29, 1.82) is 0 Å². The van der Waals surface area contributed by atoms with Crippen molar-refractivity contribution in [3.8, 4) is 0 Å². The number of piperidine rings is 1. The van der Waals surface area contributed by atoms with Crippen molar-refractivity contribution < 1.29 is 9.18 Å². The van der Waals surface area contributed by atoms with Gasteiger partial charge < -0.3 is 16.0 Å². The molecule has 24 heavy (non-hydrogen) atoms. The molecule has 1 aliphatic heterocycles. The average Bonchev–Trinajstić information content (AvgIpc) is 2.55. The molecule has 6 heteroatoms. The second-order valence-electron chi connectivity index (χ2n) is 6.77. The first kappa shape index (κ1) is 18.2. The molecule has 2 rings (SSSR count). The number of benzene rings is 1. The van der Waals surface area contributed by atoms with Crippen molar-refractivity contribution in [2.24, 2.45) is 4.99 Å². The van der Waals surface area contributed by atoms with Gasteiger partial charge in [-0.05, 0) is 31.0 Å². The molecule has 1 fully saturated rings. The van der Waals surface area contributed by atoms with Crippen LogP contribution in [-0.4, -0.2) is 37.5 Å². The first-order valence-electron chi connectivity index (χ1n) is 8.48. The summed E-state index contributed by atoms with van der Waals surface area (Å²) in [5, 5.41) is 9.45. The predicted molar refractivity (Wildman–Crippen MR) is 94.6 cm³/mol. The van der Waals surface area contributed by atoms with Crippen molar-refractivity contribution >= 4 is 11.9 Å². The zero-order valence-electron chi connectivity index (χ0n) is 14.7. The molecule has 0 aromatic heterocycles. The van der Waals surface area contributed by atoms with Crippen LogP contribution < -0.4 is 16.0 Å². The fourth-order valence-electron chi connectivity index (χ4n) is 2.65. The van der Waals surface area contributed by atoms with Crippen LogP contribution in [0.1, 0.15) is 39.2 Å². The predicted octanol–water partition coefficient (Wildman–Crippen LogP) is 1.94. The highest BCUT2D eigenvalue weighted by Gasteiger charge is 2.22. The molecule has 0 aliphatic carbocycles. The van der Waals surface area contributed by atoms with E-state index in [2.05, 4.69) is 34.8 Å². The molecule has 3 N–H and O–H groups in total. The maximum absolute atomic E-state index is 13.5. The van der Waals surface area contributed by atoms with Gasteiger partial charge >= 0.3 is 0 Å². The third-order valence-corrected chi connectivity index (χ3v) is 4.19.